The number of fused-ring (bicyclic) bond motifs is 1. The fourth-order valence-corrected chi connectivity index (χ4v) is 1.66. The zero-order valence-electron chi connectivity index (χ0n) is 9.46. The van der Waals surface area contributed by atoms with Crippen molar-refractivity contribution in [1.82, 2.24) is 0 Å². The Morgan fingerprint density at radius 3 is 2.94 bits per heavy atom. The summed E-state index contributed by atoms with van der Waals surface area (Å²) in [5.41, 5.74) is 0. The van der Waals surface area contributed by atoms with Gasteiger partial charge >= 0.3 is 5.97 Å². The zero-order chi connectivity index (χ0) is 12.3. The van der Waals surface area contributed by atoms with Crippen molar-refractivity contribution < 1.29 is 24.1 Å². The van der Waals surface area contributed by atoms with Gasteiger partial charge in [-0.2, -0.15) is 0 Å². The van der Waals surface area contributed by atoms with Crippen LogP contribution >= 0.6 is 0 Å². The number of para-hydroxylation sites is 2. The Hall–Kier alpha value is -1.75. The number of benzene rings is 1. The first-order valence-corrected chi connectivity index (χ1v) is 5.35. The molecule has 0 aliphatic carbocycles. The smallest absolute Gasteiger partial charge is 0.334 e. The number of ether oxygens (including phenoxy) is 3. The number of methoxy groups -OCH3 is 1. The summed E-state index contributed by atoms with van der Waals surface area (Å²) in [4.78, 5) is 11.1. The van der Waals surface area contributed by atoms with Gasteiger partial charge in [0.15, 0.2) is 17.6 Å². The number of esters is 1. The quantitative estimate of drug-likeness (QED) is 0.787. The van der Waals surface area contributed by atoms with Gasteiger partial charge < -0.3 is 19.3 Å². The Morgan fingerprint density at radius 1 is 1.53 bits per heavy atom. The maximum Gasteiger partial charge on any atom is 0.334 e. The first-order chi connectivity index (χ1) is 8.20. The molecule has 2 atom stereocenters. The van der Waals surface area contributed by atoms with Crippen molar-refractivity contribution in [2.24, 2.45) is 0 Å². The van der Waals surface area contributed by atoms with Gasteiger partial charge in [-0.3, -0.25) is 0 Å². The second kappa shape index (κ2) is 5.05. The summed E-state index contributed by atoms with van der Waals surface area (Å²) >= 11 is 0. The van der Waals surface area contributed by atoms with Gasteiger partial charge in [0.25, 0.3) is 0 Å². The van der Waals surface area contributed by atoms with E-state index >= 15 is 0 Å². The van der Waals surface area contributed by atoms with E-state index in [0.717, 1.165) is 0 Å². The average Bonchev–Trinajstić information content (AvgIpc) is 2.37. The summed E-state index contributed by atoms with van der Waals surface area (Å²) in [6.07, 6.45) is -1.38. The normalized spacial score (nSPS) is 19.5. The SMILES string of the molecule is COC(=O)C(O)CC1COc2ccccc2O1. The highest BCUT2D eigenvalue weighted by Crippen LogP contribution is 2.31. The molecule has 92 valence electrons. The Morgan fingerprint density at radius 2 is 2.24 bits per heavy atom. The van der Waals surface area contributed by atoms with Crippen molar-refractivity contribution in [3.63, 3.8) is 0 Å². The molecule has 0 bridgehead atoms. The molecule has 0 amide bonds. The highest BCUT2D eigenvalue weighted by atomic mass is 16.6. The summed E-state index contributed by atoms with van der Waals surface area (Å²) in [5, 5.41) is 9.51. The Bertz CT molecular complexity index is 404. The molecule has 0 saturated heterocycles. The molecule has 0 spiro atoms. The third-order valence-corrected chi connectivity index (χ3v) is 2.53. The van der Waals surface area contributed by atoms with Gasteiger partial charge in [-0.1, -0.05) is 12.1 Å². The molecule has 5 nitrogen and oxygen atoms in total. The van der Waals surface area contributed by atoms with Gasteiger partial charge in [-0.05, 0) is 12.1 Å². The first-order valence-electron chi connectivity index (χ1n) is 5.35. The van der Waals surface area contributed by atoms with Crippen molar-refractivity contribution in [3.05, 3.63) is 24.3 Å². The fourth-order valence-electron chi connectivity index (χ4n) is 1.66. The molecular weight excluding hydrogens is 224 g/mol. The predicted molar refractivity (Wildman–Crippen MR) is 59.0 cm³/mol. The molecule has 1 aromatic carbocycles. The molecule has 1 N–H and O–H groups in total. The van der Waals surface area contributed by atoms with Crippen LogP contribution in [0.5, 0.6) is 11.5 Å². The van der Waals surface area contributed by atoms with Gasteiger partial charge in [0.05, 0.1) is 7.11 Å². The third kappa shape index (κ3) is 2.68. The highest BCUT2D eigenvalue weighted by Gasteiger charge is 2.26. The summed E-state index contributed by atoms with van der Waals surface area (Å²) in [6, 6.07) is 7.28. The van der Waals surface area contributed by atoms with Crippen molar-refractivity contribution >= 4 is 5.97 Å². The lowest BCUT2D eigenvalue weighted by Crippen LogP contribution is -2.35. The maximum absolute atomic E-state index is 11.1. The number of hydrogen-bond acceptors (Lipinski definition) is 5. The zero-order valence-corrected chi connectivity index (χ0v) is 9.46. The predicted octanol–water partition coefficient (Wildman–Crippen LogP) is 0.750. The van der Waals surface area contributed by atoms with Crippen LogP contribution in [0.1, 0.15) is 6.42 Å². The molecular formula is C12H14O5. The molecule has 1 aromatic rings. The molecule has 2 rings (SSSR count). The van der Waals surface area contributed by atoms with Crippen molar-refractivity contribution in [2.45, 2.75) is 18.6 Å². The number of aliphatic hydroxyl groups excluding tert-OH is 1. The van der Waals surface area contributed by atoms with Crippen LogP contribution in [-0.2, 0) is 9.53 Å². The number of rotatable bonds is 3. The Kier molecular flexibility index (Phi) is 3.49. The van der Waals surface area contributed by atoms with Gasteiger partial charge in [-0.15, -0.1) is 0 Å². The van der Waals surface area contributed by atoms with Crippen LogP contribution in [0.15, 0.2) is 24.3 Å². The van der Waals surface area contributed by atoms with Gasteiger partial charge in [0, 0.05) is 6.42 Å². The van der Waals surface area contributed by atoms with E-state index < -0.39 is 12.1 Å². The van der Waals surface area contributed by atoms with Crippen LogP contribution in [0, 0.1) is 0 Å². The van der Waals surface area contributed by atoms with E-state index in [-0.39, 0.29) is 12.5 Å². The molecule has 5 heteroatoms. The number of hydrogen-bond donors (Lipinski definition) is 1. The monoisotopic (exact) mass is 238 g/mol. The van der Waals surface area contributed by atoms with E-state index in [4.69, 9.17) is 9.47 Å². The van der Waals surface area contributed by atoms with E-state index in [0.29, 0.717) is 18.1 Å². The van der Waals surface area contributed by atoms with Gasteiger partial charge in [0.2, 0.25) is 0 Å². The Balaban J connectivity index is 1.96. The molecule has 1 heterocycles. The van der Waals surface area contributed by atoms with Gasteiger partial charge in [-0.25, -0.2) is 4.79 Å². The number of aliphatic hydroxyl groups is 1. The van der Waals surface area contributed by atoms with E-state index in [1.165, 1.54) is 7.11 Å². The van der Waals surface area contributed by atoms with E-state index in [9.17, 15) is 9.90 Å². The van der Waals surface area contributed by atoms with Crippen molar-refractivity contribution in [3.8, 4) is 11.5 Å². The molecule has 1 aliphatic rings. The fraction of sp³-hybridized carbons (Fsp3) is 0.417. The van der Waals surface area contributed by atoms with Crippen molar-refractivity contribution in [1.29, 1.82) is 0 Å². The standard InChI is InChI=1S/C12H14O5/c1-15-12(14)9(13)6-8-7-16-10-4-2-3-5-11(10)17-8/h2-5,8-9,13H,6-7H2,1H3. The third-order valence-electron chi connectivity index (χ3n) is 2.53. The summed E-state index contributed by atoms with van der Waals surface area (Å²) in [7, 11) is 1.24. The van der Waals surface area contributed by atoms with Crippen molar-refractivity contribution in [2.75, 3.05) is 13.7 Å². The molecule has 0 saturated carbocycles. The average molecular weight is 238 g/mol. The lowest BCUT2D eigenvalue weighted by atomic mass is 10.1. The summed E-state index contributed by atoms with van der Waals surface area (Å²) in [6.45, 7) is 0.311. The Labute approximate surface area is 98.9 Å². The lowest BCUT2D eigenvalue weighted by molar-refractivity contribution is -0.152. The lowest BCUT2D eigenvalue weighted by Gasteiger charge is -2.27. The molecule has 2 unspecified atom stereocenters. The number of carbonyl (C=O) groups excluding carboxylic acids is 1. The summed E-state index contributed by atoms with van der Waals surface area (Å²) < 4.78 is 15.5. The summed E-state index contributed by atoms with van der Waals surface area (Å²) in [5.74, 6) is 0.643. The molecule has 1 aliphatic heterocycles. The number of carbonyl (C=O) groups is 1. The first kappa shape index (κ1) is 11.7. The topological polar surface area (TPSA) is 65.0 Å². The van der Waals surface area contributed by atoms with E-state index in [1.54, 1.807) is 6.07 Å². The van der Waals surface area contributed by atoms with Crippen LogP contribution < -0.4 is 9.47 Å². The maximum atomic E-state index is 11.1. The van der Waals surface area contributed by atoms with E-state index in [2.05, 4.69) is 4.74 Å². The second-order valence-corrected chi connectivity index (χ2v) is 3.77. The van der Waals surface area contributed by atoms with Crippen LogP contribution in [-0.4, -0.2) is 37.0 Å². The molecule has 17 heavy (non-hydrogen) atoms. The van der Waals surface area contributed by atoms with Crippen LogP contribution in [0.25, 0.3) is 0 Å². The minimum absolute atomic E-state index is 0.154. The van der Waals surface area contributed by atoms with E-state index in [1.807, 2.05) is 18.2 Å². The minimum atomic E-state index is -1.18. The van der Waals surface area contributed by atoms with Gasteiger partial charge in [0.1, 0.15) is 12.7 Å². The molecule has 0 aromatic heterocycles. The van der Waals surface area contributed by atoms with Crippen LogP contribution in [0.4, 0.5) is 0 Å². The van der Waals surface area contributed by atoms with Crippen LogP contribution in [0.3, 0.4) is 0 Å². The highest BCUT2D eigenvalue weighted by molar-refractivity contribution is 5.74. The largest absolute Gasteiger partial charge is 0.486 e. The molecule has 0 radical (unpaired) electrons. The van der Waals surface area contributed by atoms with Crippen LogP contribution in [0.2, 0.25) is 0 Å². The molecule has 0 fully saturated rings. The minimum Gasteiger partial charge on any atom is -0.486 e. The second-order valence-electron chi connectivity index (χ2n) is 3.77.